The molecule has 1 heterocycles. The number of para-hydroxylation sites is 1. The van der Waals surface area contributed by atoms with E-state index in [0.717, 1.165) is 5.56 Å². The van der Waals surface area contributed by atoms with E-state index in [-0.39, 0.29) is 24.1 Å². The van der Waals surface area contributed by atoms with Crippen molar-refractivity contribution in [3.05, 3.63) is 58.6 Å². The van der Waals surface area contributed by atoms with Gasteiger partial charge < -0.3 is 19.5 Å². The molecule has 29 heavy (non-hydrogen) atoms. The lowest BCUT2D eigenvalue weighted by Gasteiger charge is -2.19. The fourth-order valence-electron chi connectivity index (χ4n) is 3.10. The van der Waals surface area contributed by atoms with Crippen LogP contribution in [0.1, 0.15) is 18.5 Å². The number of methoxy groups -OCH3 is 3. The van der Waals surface area contributed by atoms with Crippen LogP contribution >= 0.6 is 0 Å². The second kappa shape index (κ2) is 8.64. The topological polar surface area (TPSA) is 91.7 Å². The number of nitrogens with zero attached hydrogens (tertiary/aromatic N) is 2. The van der Waals surface area contributed by atoms with Crippen molar-refractivity contribution in [1.82, 2.24) is 14.9 Å². The molecule has 0 radical (unpaired) electrons. The molecule has 0 saturated carbocycles. The fourth-order valence-corrected chi connectivity index (χ4v) is 3.10. The van der Waals surface area contributed by atoms with Crippen LogP contribution in [-0.4, -0.2) is 36.8 Å². The number of rotatable bonds is 7. The van der Waals surface area contributed by atoms with Gasteiger partial charge in [0.05, 0.1) is 44.6 Å². The first-order valence-electron chi connectivity index (χ1n) is 9.02. The van der Waals surface area contributed by atoms with Crippen LogP contribution in [0.15, 0.2) is 47.5 Å². The largest absolute Gasteiger partial charge is 0.493 e. The SMILES string of the molecule is COc1cc(C(C)NC(=O)Cn2cnc3ccccc3c2=O)cc(OC)c1OC. The minimum atomic E-state index is -0.347. The third-order valence-corrected chi connectivity index (χ3v) is 4.61. The van der Waals surface area contributed by atoms with Crippen LogP contribution in [0.2, 0.25) is 0 Å². The monoisotopic (exact) mass is 397 g/mol. The molecule has 8 heteroatoms. The summed E-state index contributed by atoms with van der Waals surface area (Å²) in [6, 6.07) is 10.2. The normalized spacial score (nSPS) is 11.7. The maximum Gasteiger partial charge on any atom is 0.261 e. The van der Waals surface area contributed by atoms with E-state index in [1.165, 1.54) is 32.2 Å². The summed E-state index contributed by atoms with van der Waals surface area (Å²) in [6.45, 7) is 1.70. The van der Waals surface area contributed by atoms with Gasteiger partial charge in [0.25, 0.3) is 5.56 Å². The predicted octanol–water partition coefficient (Wildman–Crippen LogP) is 2.30. The highest BCUT2D eigenvalue weighted by Crippen LogP contribution is 2.39. The van der Waals surface area contributed by atoms with E-state index in [1.807, 2.05) is 13.0 Å². The average Bonchev–Trinajstić information content (AvgIpc) is 2.74. The molecule has 0 aliphatic rings. The van der Waals surface area contributed by atoms with Gasteiger partial charge in [0.2, 0.25) is 11.7 Å². The summed E-state index contributed by atoms with van der Waals surface area (Å²) < 4.78 is 17.3. The van der Waals surface area contributed by atoms with Crippen molar-refractivity contribution in [1.29, 1.82) is 0 Å². The highest BCUT2D eigenvalue weighted by molar-refractivity contribution is 5.79. The highest BCUT2D eigenvalue weighted by Gasteiger charge is 2.18. The van der Waals surface area contributed by atoms with Crippen molar-refractivity contribution in [2.75, 3.05) is 21.3 Å². The van der Waals surface area contributed by atoms with Crippen molar-refractivity contribution < 1.29 is 19.0 Å². The van der Waals surface area contributed by atoms with E-state index in [4.69, 9.17) is 14.2 Å². The highest BCUT2D eigenvalue weighted by atomic mass is 16.5. The summed E-state index contributed by atoms with van der Waals surface area (Å²) in [5, 5.41) is 3.35. The number of hydrogen-bond acceptors (Lipinski definition) is 6. The molecule has 2 aromatic carbocycles. The molecule has 0 saturated heterocycles. The van der Waals surface area contributed by atoms with Crippen LogP contribution < -0.4 is 25.1 Å². The molecular formula is C21H23N3O5. The van der Waals surface area contributed by atoms with Gasteiger partial charge >= 0.3 is 0 Å². The van der Waals surface area contributed by atoms with E-state index in [9.17, 15) is 9.59 Å². The number of carbonyl (C=O) groups is 1. The Morgan fingerprint density at radius 1 is 1.10 bits per heavy atom. The summed E-state index contributed by atoms with van der Waals surface area (Å²) in [7, 11) is 4.59. The molecule has 1 atom stereocenters. The number of nitrogens with one attached hydrogen (secondary N) is 1. The van der Waals surface area contributed by atoms with Gasteiger partial charge in [-0.3, -0.25) is 14.2 Å². The second-order valence-electron chi connectivity index (χ2n) is 6.44. The summed E-state index contributed by atoms with van der Waals surface area (Å²) in [5.74, 6) is 1.16. The van der Waals surface area contributed by atoms with Crippen molar-refractivity contribution in [3.8, 4) is 17.2 Å². The molecule has 0 aliphatic carbocycles. The molecule has 1 N–H and O–H groups in total. The van der Waals surface area contributed by atoms with Gasteiger partial charge in [0.1, 0.15) is 6.54 Å². The van der Waals surface area contributed by atoms with Gasteiger partial charge in [-0.15, -0.1) is 0 Å². The maximum atomic E-state index is 12.6. The Labute approximate surface area is 168 Å². The molecule has 0 fully saturated rings. The second-order valence-corrected chi connectivity index (χ2v) is 6.44. The van der Waals surface area contributed by atoms with Crippen LogP contribution in [0, 0.1) is 0 Å². The number of hydrogen-bond donors (Lipinski definition) is 1. The Morgan fingerprint density at radius 2 is 1.76 bits per heavy atom. The standard InChI is InChI=1S/C21H23N3O5/c1-13(14-9-17(27-2)20(29-4)18(10-14)28-3)23-19(25)11-24-12-22-16-8-6-5-7-15(16)21(24)26/h5-10,12-13H,11H2,1-4H3,(H,23,25). The van der Waals surface area contributed by atoms with Crippen LogP contribution in [0.4, 0.5) is 0 Å². The van der Waals surface area contributed by atoms with Crippen molar-refractivity contribution in [3.63, 3.8) is 0 Å². The van der Waals surface area contributed by atoms with Gasteiger partial charge in [-0.05, 0) is 36.8 Å². The van der Waals surface area contributed by atoms with E-state index >= 15 is 0 Å². The first-order valence-corrected chi connectivity index (χ1v) is 9.02. The molecule has 0 aliphatic heterocycles. The van der Waals surface area contributed by atoms with E-state index in [1.54, 1.807) is 30.3 Å². The molecule has 1 amide bonds. The lowest BCUT2D eigenvalue weighted by molar-refractivity contribution is -0.122. The molecule has 3 aromatic rings. The van der Waals surface area contributed by atoms with Crippen LogP contribution in [0.3, 0.4) is 0 Å². The number of fused-ring (bicyclic) bond motifs is 1. The summed E-state index contributed by atoms with van der Waals surface area (Å²) in [6.07, 6.45) is 1.38. The molecule has 0 spiro atoms. The summed E-state index contributed by atoms with van der Waals surface area (Å²) in [4.78, 5) is 29.3. The van der Waals surface area contributed by atoms with Crippen LogP contribution in [0.5, 0.6) is 17.2 Å². The third kappa shape index (κ3) is 4.16. The Balaban J connectivity index is 1.79. The minimum Gasteiger partial charge on any atom is -0.493 e. The maximum absolute atomic E-state index is 12.6. The zero-order chi connectivity index (χ0) is 21.0. The molecule has 3 rings (SSSR count). The molecule has 152 valence electrons. The quantitative estimate of drug-likeness (QED) is 0.658. The Morgan fingerprint density at radius 3 is 2.38 bits per heavy atom. The van der Waals surface area contributed by atoms with Crippen LogP contribution in [-0.2, 0) is 11.3 Å². The number of amides is 1. The van der Waals surface area contributed by atoms with Gasteiger partial charge in [0, 0.05) is 0 Å². The lowest BCUT2D eigenvalue weighted by atomic mass is 10.1. The van der Waals surface area contributed by atoms with Crippen molar-refractivity contribution in [2.24, 2.45) is 0 Å². The zero-order valence-electron chi connectivity index (χ0n) is 16.8. The minimum absolute atomic E-state index is 0.133. The van der Waals surface area contributed by atoms with E-state index < -0.39 is 0 Å². The van der Waals surface area contributed by atoms with Gasteiger partial charge in [-0.25, -0.2) is 4.98 Å². The lowest BCUT2D eigenvalue weighted by Crippen LogP contribution is -2.34. The number of ether oxygens (including phenoxy) is 3. The summed E-state index contributed by atoms with van der Waals surface area (Å²) >= 11 is 0. The molecule has 1 unspecified atom stereocenters. The fraction of sp³-hybridized carbons (Fsp3) is 0.286. The predicted molar refractivity (Wildman–Crippen MR) is 109 cm³/mol. The van der Waals surface area contributed by atoms with E-state index in [2.05, 4.69) is 10.3 Å². The summed E-state index contributed by atoms with van der Waals surface area (Å²) in [5.41, 5.74) is 1.11. The zero-order valence-corrected chi connectivity index (χ0v) is 16.8. The molecule has 8 nitrogen and oxygen atoms in total. The Bertz CT molecular complexity index is 1070. The molecule has 1 aromatic heterocycles. The molecule has 0 bridgehead atoms. The first-order chi connectivity index (χ1) is 14.0. The molecular weight excluding hydrogens is 374 g/mol. The van der Waals surface area contributed by atoms with Crippen LogP contribution in [0.25, 0.3) is 10.9 Å². The van der Waals surface area contributed by atoms with Crippen molar-refractivity contribution in [2.45, 2.75) is 19.5 Å². The van der Waals surface area contributed by atoms with Gasteiger partial charge in [-0.2, -0.15) is 0 Å². The smallest absolute Gasteiger partial charge is 0.261 e. The Hall–Kier alpha value is -3.55. The number of aromatic nitrogens is 2. The van der Waals surface area contributed by atoms with Gasteiger partial charge in [-0.1, -0.05) is 12.1 Å². The van der Waals surface area contributed by atoms with Gasteiger partial charge in [0.15, 0.2) is 11.5 Å². The Kier molecular flexibility index (Phi) is 6.01. The van der Waals surface area contributed by atoms with Crippen molar-refractivity contribution >= 4 is 16.8 Å². The van der Waals surface area contributed by atoms with E-state index in [0.29, 0.717) is 28.2 Å². The first kappa shape index (κ1) is 20.2. The third-order valence-electron chi connectivity index (χ3n) is 4.61. The number of benzene rings is 2. The average molecular weight is 397 g/mol. The number of carbonyl (C=O) groups excluding carboxylic acids is 1.